The number of hydrogen-bond donors (Lipinski definition) is 1. The Hall–Kier alpha value is -1.37. The zero-order chi connectivity index (χ0) is 15.4. The second-order valence-corrected chi connectivity index (χ2v) is 5.18. The minimum absolute atomic E-state index is 0.0227. The number of benzene rings is 1. The highest BCUT2D eigenvalue weighted by molar-refractivity contribution is 6.31. The van der Waals surface area contributed by atoms with Crippen LogP contribution in [0.2, 0.25) is 5.02 Å². The number of hydrogen-bond acceptors (Lipinski definition) is 3. The van der Waals surface area contributed by atoms with Gasteiger partial charge in [0.05, 0.1) is 22.7 Å². The summed E-state index contributed by atoms with van der Waals surface area (Å²) < 4.78 is 20.6. The fourth-order valence-electron chi connectivity index (χ4n) is 2.02. The number of nitrogens with zero attached hydrogens (tertiary/aromatic N) is 2. The maximum Gasteiger partial charge on any atom is 0.243 e. The third-order valence-corrected chi connectivity index (χ3v) is 3.37. The average molecular weight is 334 g/mol. The van der Waals surface area contributed by atoms with Crippen molar-refractivity contribution in [3.05, 3.63) is 28.8 Å². The SMILES string of the molecule is NC(=O)COCCn1c(CCCl)nc2cc(Cl)c(F)cc21. The molecule has 1 aromatic carbocycles. The van der Waals surface area contributed by atoms with Gasteiger partial charge in [-0.05, 0) is 6.07 Å². The molecular formula is C13H14Cl2FN3O2. The molecule has 2 rings (SSSR count). The van der Waals surface area contributed by atoms with E-state index in [1.165, 1.54) is 12.1 Å². The van der Waals surface area contributed by atoms with Crippen molar-refractivity contribution in [1.29, 1.82) is 0 Å². The van der Waals surface area contributed by atoms with Crippen LogP contribution in [-0.4, -0.2) is 34.6 Å². The number of imidazole rings is 1. The van der Waals surface area contributed by atoms with Crippen LogP contribution in [0, 0.1) is 5.82 Å². The number of alkyl halides is 1. The predicted octanol–water partition coefficient (Wildman–Crippen LogP) is 2.11. The van der Waals surface area contributed by atoms with Crippen LogP contribution in [0.5, 0.6) is 0 Å². The van der Waals surface area contributed by atoms with Gasteiger partial charge < -0.3 is 15.0 Å². The quantitative estimate of drug-likeness (QED) is 0.623. The fraction of sp³-hybridized carbons (Fsp3) is 0.385. The van der Waals surface area contributed by atoms with Crippen molar-refractivity contribution in [2.45, 2.75) is 13.0 Å². The largest absolute Gasteiger partial charge is 0.370 e. The van der Waals surface area contributed by atoms with E-state index in [9.17, 15) is 9.18 Å². The van der Waals surface area contributed by atoms with Crippen molar-refractivity contribution in [3.63, 3.8) is 0 Å². The minimum atomic E-state index is -0.538. The molecule has 1 aromatic heterocycles. The predicted molar refractivity (Wildman–Crippen MR) is 79.1 cm³/mol. The summed E-state index contributed by atoms with van der Waals surface area (Å²) in [5, 5.41) is 0.0227. The Morgan fingerprint density at radius 2 is 2.24 bits per heavy atom. The first-order valence-corrected chi connectivity index (χ1v) is 7.20. The van der Waals surface area contributed by atoms with Gasteiger partial charge in [0, 0.05) is 24.9 Å². The zero-order valence-corrected chi connectivity index (χ0v) is 12.6. The van der Waals surface area contributed by atoms with Crippen molar-refractivity contribution in [2.75, 3.05) is 19.1 Å². The summed E-state index contributed by atoms with van der Waals surface area (Å²) in [6.07, 6.45) is 0.533. The topological polar surface area (TPSA) is 70.1 Å². The van der Waals surface area contributed by atoms with E-state index in [2.05, 4.69) is 4.98 Å². The van der Waals surface area contributed by atoms with Gasteiger partial charge in [0.1, 0.15) is 18.2 Å². The monoisotopic (exact) mass is 333 g/mol. The van der Waals surface area contributed by atoms with E-state index < -0.39 is 11.7 Å². The van der Waals surface area contributed by atoms with Crippen LogP contribution >= 0.6 is 23.2 Å². The number of carbonyl (C=O) groups is 1. The lowest BCUT2D eigenvalue weighted by molar-refractivity contribution is -0.122. The van der Waals surface area contributed by atoms with Gasteiger partial charge in [0.25, 0.3) is 0 Å². The van der Waals surface area contributed by atoms with Crippen molar-refractivity contribution in [2.24, 2.45) is 5.73 Å². The average Bonchev–Trinajstić information content (AvgIpc) is 2.73. The molecule has 2 aromatic rings. The Kier molecular flexibility index (Phi) is 5.39. The summed E-state index contributed by atoms with van der Waals surface area (Å²) >= 11 is 11.5. The van der Waals surface area contributed by atoms with Gasteiger partial charge in [-0.25, -0.2) is 9.37 Å². The third-order valence-electron chi connectivity index (χ3n) is 2.89. The molecule has 0 bridgehead atoms. The molecule has 8 heteroatoms. The third kappa shape index (κ3) is 3.84. The molecule has 0 saturated carbocycles. The molecule has 5 nitrogen and oxygen atoms in total. The molecule has 114 valence electrons. The highest BCUT2D eigenvalue weighted by Gasteiger charge is 2.13. The molecule has 0 fully saturated rings. The smallest absolute Gasteiger partial charge is 0.243 e. The number of rotatable bonds is 7. The van der Waals surface area contributed by atoms with Gasteiger partial charge in [-0.1, -0.05) is 11.6 Å². The molecule has 0 atom stereocenters. The summed E-state index contributed by atoms with van der Waals surface area (Å²) in [5.74, 6) is 0.0521. The van der Waals surface area contributed by atoms with E-state index in [0.717, 1.165) is 0 Å². The Balaban J connectivity index is 2.27. The maximum atomic E-state index is 13.6. The molecule has 0 aliphatic heterocycles. The number of nitrogens with two attached hydrogens (primary N) is 1. The molecule has 0 radical (unpaired) electrons. The second-order valence-electron chi connectivity index (χ2n) is 4.39. The standard InChI is InChI=1S/C13H14Cl2FN3O2/c14-2-1-13-18-10-5-8(15)9(16)6-11(10)19(13)3-4-21-7-12(17)20/h5-6H,1-4,7H2,(H2,17,20). The molecule has 0 aliphatic rings. The van der Waals surface area contributed by atoms with Gasteiger partial charge in [-0.3, -0.25) is 4.79 Å². The lowest BCUT2D eigenvalue weighted by atomic mass is 10.3. The van der Waals surface area contributed by atoms with E-state index in [1.807, 2.05) is 0 Å². The number of ether oxygens (including phenoxy) is 1. The Labute approximate surface area is 130 Å². The van der Waals surface area contributed by atoms with Crippen molar-refractivity contribution in [3.8, 4) is 0 Å². The van der Waals surface area contributed by atoms with E-state index in [0.29, 0.717) is 35.7 Å². The Morgan fingerprint density at radius 3 is 2.90 bits per heavy atom. The molecule has 0 saturated heterocycles. The molecule has 1 amide bonds. The van der Waals surface area contributed by atoms with E-state index in [-0.39, 0.29) is 18.2 Å². The molecule has 0 spiro atoms. The number of aryl methyl sites for hydroxylation is 1. The molecular weight excluding hydrogens is 320 g/mol. The molecule has 2 N–H and O–H groups in total. The van der Waals surface area contributed by atoms with Crippen molar-refractivity contribution >= 4 is 40.1 Å². The molecule has 21 heavy (non-hydrogen) atoms. The second kappa shape index (κ2) is 7.06. The number of primary amides is 1. The fourth-order valence-corrected chi connectivity index (χ4v) is 2.35. The van der Waals surface area contributed by atoms with Crippen LogP contribution < -0.4 is 5.73 Å². The van der Waals surface area contributed by atoms with Crippen LogP contribution in [0.3, 0.4) is 0 Å². The number of amides is 1. The maximum absolute atomic E-state index is 13.6. The van der Waals surface area contributed by atoms with Crippen molar-refractivity contribution in [1.82, 2.24) is 9.55 Å². The number of aromatic nitrogens is 2. The van der Waals surface area contributed by atoms with Crippen LogP contribution in [0.15, 0.2) is 12.1 Å². The van der Waals surface area contributed by atoms with Gasteiger partial charge in [-0.2, -0.15) is 0 Å². The number of halogens is 3. The Bertz CT molecular complexity index is 660. The van der Waals surface area contributed by atoms with Crippen LogP contribution in [0.4, 0.5) is 4.39 Å². The minimum Gasteiger partial charge on any atom is -0.370 e. The summed E-state index contributed by atoms with van der Waals surface area (Å²) in [4.78, 5) is 15.0. The normalized spacial score (nSPS) is 11.2. The molecule has 0 unspecified atom stereocenters. The summed E-state index contributed by atoms with van der Waals surface area (Å²) in [6, 6.07) is 2.81. The van der Waals surface area contributed by atoms with Gasteiger partial charge >= 0.3 is 0 Å². The van der Waals surface area contributed by atoms with Gasteiger partial charge in [0.15, 0.2) is 0 Å². The molecule has 1 heterocycles. The molecule has 0 aliphatic carbocycles. The first-order chi connectivity index (χ1) is 10.0. The van der Waals surface area contributed by atoms with E-state index in [4.69, 9.17) is 33.7 Å². The Morgan fingerprint density at radius 1 is 1.48 bits per heavy atom. The first-order valence-electron chi connectivity index (χ1n) is 6.29. The van der Waals surface area contributed by atoms with Gasteiger partial charge in [-0.15, -0.1) is 11.6 Å². The van der Waals surface area contributed by atoms with Crippen LogP contribution in [0.25, 0.3) is 11.0 Å². The zero-order valence-electron chi connectivity index (χ0n) is 11.1. The summed E-state index contributed by atoms with van der Waals surface area (Å²) in [7, 11) is 0. The van der Waals surface area contributed by atoms with Crippen molar-refractivity contribution < 1.29 is 13.9 Å². The van der Waals surface area contributed by atoms with Crippen LogP contribution in [-0.2, 0) is 22.5 Å². The van der Waals surface area contributed by atoms with E-state index >= 15 is 0 Å². The number of fused-ring (bicyclic) bond motifs is 1. The number of carbonyl (C=O) groups excluding carboxylic acids is 1. The van der Waals surface area contributed by atoms with Crippen LogP contribution in [0.1, 0.15) is 5.82 Å². The lowest BCUT2D eigenvalue weighted by Gasteiger charge is -2.08. The highest BCUT2D eigenvalue weighted by Crippen LogP contribution is 2.24. The van der Waals surface area contributed by atoms with Gasteiger partial charge in [0.2, 0.25) is 5.91 Å². The first kappa shape index (κ1) is 16.0. The summed E-state index contributed by atoms with van der Waals surface area (Å²) in [5.41, 5.74) is 6.20. The lowest BCUT2D eigenvalue weighted by Crippen LogP contribution is -2.20. The highest BCUT2D eigenvalue weighted by atomic mass is 35.5. The van der Waals surface area contributed by atoms with E-state index in [1.54, 1.807) is 4.57 Å². The summed E-state index contributed by atoms with van der Waals surface area (Å²) in [6.45, 7) is 0.517.